The fraction of sp³-hybridized carbons (Fsp3) is 0.188. The number of carbonyl (C=O) groups excluding carboxylic acids is 1. The van der Waals surface area contributed by atoms with Gasteiger partial charge >= 0.3 is 0 Å². The van der Waals surface area contributed by atoms with Gasteiger partial charge in [0, 0.05) is 35.4 Å². The molecule has 7 heteroatoms. The number of ether oxygens (including phenoxy) is 1. The van der Waals surface area contributed by atoms with Crippen LogP contribution in [-0.2, 0) is 17.6 Å². The van der Waals surface area contributed by atoms with Crippen molar-refractivity contribution in [3.05, 3.63) is 119 Å². The second kappa shape index (κ2) is 11.0. The number of aromatic amines is 1. The summed E-state index contributed by atoms with van der Waals surface area (Å²) in [6.45, 7) is 0.573. The quantitative estimate of drug-likeness (QED) is 0.272. The van der Waals surface area contributed by atoms with Gasteiger partial charge in [0.25, 0.3) is 0 Å². The largest absolute Gasteiger partial charge is 0.493 e. The van der Waals surface area contributed by atoms with Gasteiger partial charge < -0.3 is 4.74 Å². The number of carbonyl (C=O) groups is 1. The van der Waals surface area contributed by atoms with E-state index in [1.807, 2.05) is 36.4 Å². The molecule has 1 aromatic heterocycles. The number of hydrogen-bond acceptors (Lipinski definition) is 5. The molecule has 5 aromatic rings. The summed E-state index contributed by atoms with van der Waals surface area (Å²) in [6, 6.07) is 28.9. The summed E-state index contributed by atoms with van der Waals surface area (Å²) in [4.78, 5) is 13.3. The summed E-state index contributed by atoms with van der Waals surface area (Å²) in [5.74, 6) is 0.918. The average Bonchev–Trinajstić information content (AvgIpc) is 3.42. The normalized spacial score (nSPS) is 14.7. The molecule has 6 rings (SSSR count). The first-order valence-electron chi connectivity index (χ1n) is 13.1. The highest BCUT2D eigenvalue weighted by Gasteiger charge is 2.26. The lowest BCUT2D eigenvalue weighted by molar-refractivity contribution is -0.117. The molecule has 39 heavy (non-hydrogen) atoms. The van der Waals surface area contributed by atoms with Gasteiger partial charge in [-0.15, -0.1) is 10.2 Å². The third kappa shape index (κ3) is 5.21. The van der Waals surface area contributed by atoms with Crippen molar-refractivity contribution in [1.29, 1.82) is 0 Å². The van der Waals surface area contributed by atoms with Crippen LogP contribution in [0.2, 0.25) is 0 Å². The summed E-state index contributed by atoms with van der Waals surface area (Å²) in [5, 5.41) is 14.7. The molecule has 6 nitrogen and oxygen atoms in total. The zero-order valence-corrected chi connectivity index (χ0v) is 21.3. The first kappa shape index (κ1) is 24.7. The van der Waals surface area contributed by atoms with Gasteiger partial charge in [0.05, 0.1) is 6.61 Å². The Kier molecular flexibility index (Phi) is 6.95. The van der Waals surface area contributed by atoms with Crippen molar-refractivity contribution in [2.75, 3.05) is 6.61 Å². The van der Waals surface area contributed by atoms with Crippen molar-refractivity contribution in [3.63, 3.8) is 0 Å². The summed E-state index contributed by atoms with van der Waals surface area (Å²) < 4.78 is 20.7. The van der Waals surface area contributed by atoms with Crippen LogP contribution in [0.25, 0.3) is 22.5 Å². The molecule has 1 unspecified atom stereocenters. The van der Waals surface area contributed by atoms with E-state index in [4.69, 9.17) is 4.74 Å². The Morgan fingerprint density at radius 3 is 2.44 bits per heavy atom. The van der Waals surface area contributed by atoms with E-state index in [1.165, 1.54) is 11.6 Å². The number of Topliss-reactive ketones (excluding diaryl/α,β-unsaturated/α-hetero) is 1. The summed E-state index contributed by atoms with van der Waals surface area (Å²) in [6.07, 6.45) is 1.98. The molecule has 0 aliphatic carbocycles. The second-order valence-electron chi connectivity index (χ2n) is 9.77. The van der Waals surface area contributed by atoms with Gasteiger partial charge in [-0.3, -0.25) is 4.79 Å². The minimum atomic E-state index is -0.368. The first-order chi connectivity index (χ1) is 19.2. The third-order valence-electron chi connectivity index (χ3n) is 7.21. The van der Waals surface area contributed by atoms with Gasteiger partial charge in [-0.05, 0) is 58.5 Å². The summed E-state index contributed by atoms with van der Waals surface area (Å²) >= 11 is 0. The van der Waals surface area contributed by atoms with Gasteiger partial charge in [-0.25, -0.2) is 4.39 Å². The molecular formula is C32H27FN4O2. The predicted octanol–water partition coefficient (Wildman–Crippen LogP) is 6.33. The number of nitrogens with one attached hydrogen (secondary N) is 1. The zero-order valence-electron chi connectivity index (χ0n) is 21.3. The molecule has 0 bridgehead atoms. The van der Waals surface area contributed by atoms with E-state index in [2.05, 4.69) is 51.0 Å². The van der Waals surface area contributed by atoms with Crippen LogP contribution in [0.1, 0.15) is 41.0 Å². The SMILES string of the molecule is O=C(Cc1ccccc1F)Cc1cc(-c2ccccc2-c2nn[nH]n2)cc2c1OCCCC2c1ccccc1. The molecule has 1 aliphatic heterocycles. The monoisotopic (exact) mass is 518 g/mol. The van der Waals surface area contributed by atoms with E-state index >= 15 is 0 Å². The first-order valence-corrected chi connectivity index (χ1v) is 13.1. The highest BCUT2D eigenvalue weighted by molar-refractivity contribution is 5.86. The molecule has 0 radical (unpaired) electrons. The Hall–Kier alpha value is -4.65. The molecule has 1 aliphatic rings. The molecule has 0 fully saturated rings. The summed E-state index contributed by atoms with van der Waals surface area (Å²) in [7, 11) is 0. The van der Waals surface area contributed by atoms with Crippen LogP contribution in [0.3, 0.4) is 0 Å². The maximum atomic E-state index is 14.3. The van der Waals surface area contributed by atoms with Gasteiger partial charge in [-0.2, -0.15) is 5.21 Å². The number of hydrogen-bond donors (Lipinski definition) is 1. The number of H-pyrrole nitrogens is 1. The number of aromatic nitrogens is 4. The fourth-order valence-electron chi connectivity index (χ4n) is 5.42. The molecule has 0 amide bonds. The Morgan fingerprint density at radius 1 is 0.897 bits per heavy atom. The lowest BCUT2D eigenvalue weighted by atomic mass is 9.83. The lowest BCUT2D eigenvalue weighted by Gasteiger charge is -2.22. The Balaban J connectivity index is 1.48. The van der Waals surface area contributed by atoms with Crippen LogP contribution >= 0.6 is 0 Å². The number of rotatable bonds is 7. The van der Waals surface area contributed by atoms with E-state index in [0.717, 1.165) is 46.4 Å². The number of halogens is 1. The smallest absolute Gasteiger partial charge is 0.205 e. The predicted molar refractivity (Wildman–Crippen MR) is 147 cm³/mol. The van der Waals surface area contributed by atoms with E-state index in [-0.39, 0.29) is 30.4 Å². The highest BCUT2D eigenvalue weighted by Crippen LogP contribution is 2.43. The maximum absolute atomic E-state index is 14.3. The average molecular weight is 519 g/mol. The van der Waals surface area contributed by atoms with Gasteiger partial charge in [0.15, 0.2) is 0 Å². The van der Waals surface area contributed by atoms with E-state index < -0.39 is 0 Å². The van der Waals surface area contributed by atoms with Gasteiger partial charge in [0.2, 0.25) is 5.82 Å². The lowest BCUT2D eigenvalue weighted by Crippen LogP contribution is -2.11. The molecule has 0 saturated carbocycles. The minimum Gasteiger partial charge on any atom is -0.493 e. The number of nitrogens with zero attached hydrogens (tertiary/aromatic N) is 3. The Labute approximate surface area is 225 Å². The number of tetrazole rings is 1. The van der Waals surface area contributed by atoms with Crippen LogP contribution in [0.15, 0.2) is 91.0 Å². The highest BCUT2D eigenvalue weighted by atomic mass is 19.1. The van der Waals surface area contributed by atoms with Crippen LogP contribution < -0.4 is 4.74 Å². The molecule has 4 aromatic carbocycles. The molecule has 194 valence electrons. The van der Waals surface area contributed by atoms with Crippen LogP contribution in [0, 0.1) is 5.82 Å². The number of benzene rings is 4. The Bertz CT molecular complexity index is 1600. The molecule has 1 N–H and O–H groups in total. The van der Waals surface area contributed by atoms with Crippen molar-refractivity contribution >= 4 is 5.78 Å². The van der Waals surface area contributed by atoms with Crippen LogP contribution in [0.4, 0.5) is 4.39 Å². The van der Waals surface area contributed by atoms with Crippen molar-refractivity contribution in [3.8, 4) is 28.3 Å². The zero-order chi connectivity index (χ0) is 26.6. The molecule has 0 spiro atoms. The second-order valence-corrected chi connectivity index (χ2v) is 9.77. The summed E-state index contributed by atoms with van der Waals surface area (Å²) in [5.41, 5.74) is 6.16. The Morgan fingerprint density at radius 2 is 1.64 bits per heavy atom. The van der Waals surface area contributed by atoms with Crippen molar-refractivity contribution in [1.82, 2.24) is 20.6 Å². The minimum absolute atomic E-state index is 0.0211. The number of ketones is 1. The van der Waals surface area contributed by atoms with E-state index in [1.54, 1.807) is 18.2 Å². The van der Waals surface area contributed by atoms with Crippen molar-refractivity contribution < 1.29 is 13.9 Å². The third-order valence-corrected chi connectivity index (χ3v) is 7.21. The van der Waals surface area contributed by atoms with Crippen LogP contribution in [-0.4, -0.2) is 33.0 Å². The standard InChI is InChI=1S/C32H27FN4O2/c33-30-15-7-4-11-22(30)18-25(38)19-24-17-23(27-12-5-6-13-28(27)32-34-36-37-35-32)20-29-26(14-8-16-39-31(24)29)21-9-2-1-3-10-21/h1-7,9-13,15,17,20,26H,8,14,16,18-19H2,(H,34,35,36,37). The van der Waals surface area contributed by atoms with Crippen molar-refractivity contribution in [2.45, 2.75) is 31.6 Å². The van der Waals surface area contributed by atoms with Gasteiger partial charge in [0.1, 0.15) is 17.3 Å². The van der Waals surface area contributed by atoms with E-state index in [9.17, 15) is 9.18 Å². The molecule has 2 heterocycles. The molecule has 0 saturated heterocycles. The molecular weight excluding hydrogens is 491 g/mol. The fourth-order valence-corrected chi connectivity index (χ4v) is 5.42. The van der Waals surface area contributed by atoms with Gasteiger partial charge in [-0.1, -0.05) is 72.8 Å². The topological polar surface area (TPSA) is 80.8 Å². The van der Waals surface area contributed by atoms with Crippen molar-refractivity contribution in [2.24, 2.45) is 0 Å². The van der Waals surface area contributed by atoms with E-state index in [0.29, 0.717) is 18.0 Å². The molecule has 1 atom stereocenters. The maximum Gasteiger partial charge on any atom is 0.205 e. The van der Waals surface area contributed by atoms with Crippen LogP contribution in [0.5, 0.6) is 5.75 Å². The number of fused-ring (bicyclic) bond motifs is 1.